The highest BCUT2D eigenvalue weighted by Gasteiger charge is 2.17. The van der Waals surface area contributed by atoms with Crippen molar-refractivity contribution in [2.45, 2.75) is 13.5 Å². The highest BCUT2D eigenvalue weighted by atomic mass is 32.1. The van der Waals surface area contributed by atoms with E-state index >= 15 is 0 Å². The number of morpholine rings is 1. The lowest BCUT2D eigenvalue weighted by atomic mass is 10.1. The number of benzene rings is 2. The molecular weight excluding hydrogens is 464 g/mol. The van der Waals surface area contributed by atoms with Gasteiger partial charge in [0.2, 0.25) is 0 Å². The van der Waals surface area contributed by atoms with E-state index in [0.717, 1.165) is 39.7 Å². The molecule has 1 N–H and O–H groups in total. The van der Waals surface area contributed by atoms with Crippen molar-refractivity contribution in [1.29, 1.82) is 0 Å². The lowest BCUT2D eigenvalue weighted by molar-refractivity contribution is 0.102. The van der Waals surface area contributed by atoms with E-state index in [0.29, 0.717) is 43.5 Å². The van der Waals surface area contributed by atoms with Gasteiger partial charge in [-0.15, -0.1) is 0 Å². The predicted octanol–water partition coefficient (Wildman–Crippen LogP) is 4.76. The van der Waals surface area contributed by atoms with Crippen LogP contribution < -0.4 is 19.7 Å². The molecule has 1 aliphatic rings. The number of fused-ring (bicyclic) bond motifs is 1. The van der Waals surface area contributed by atoms with Crippen LogP contribution in [0.5, 0.6) is 11.5 Å². The largest absolute Gasteiger partial charge is 0.490 e. The molecule has 0 saturated carbocycles. The Kier molecular flexibility index (Phi) is 7.06. The Bertz CT molecular complexity index is 1310. The summed E-state index contributed by atoms with van der Waals surface area (Å²) in [4.78, 5) is 24.0. The first-order chi connectivity index (χ1) is 17.2. The maximum absolute atomic E-state index is 13.0. The van der Waals surface area contributed by atoms with Gasteiger partial charge >= 0.3 is 0 Å². The molecule has 1 aliphatic heterocycles. The molecule has 5 rings (SSSR count). The van der Waals surface area contributed by atoms with Gasteiger partial charge in [0.25, 0.3) is 5.91 Å². The van der Waals surface area contributed by atoms with Gasteiger partial charge in [-0.1, -0.05) is 11.3 Å². The fourth-order valence-corrected chi connectivity index (χ4v) is 4.82. The van der Waals surface area contributed by atoms with Crippen molar-refractivity contribution in [3.8, 4) is 11.5 Å². The minimum Gasteiger partial charge on any atom is -0.490 e. The number of carbonyl (C=O) groups excluding carboxylic acids is 1. The summed E-state index contributed by atoms with van der Waals surface area (Å²) in [6.45, 7) is 5.86. The normalized spacial score (nSPS) is 13.6. The number of hydrogen-bond acceptors (Lipinski definition) is 8. The second-order valence-corrected chi connectivity index (χ2v) is 8.98. The van der Waals surface area contributed by atoms with Crippen molar-refractivity contribution >= 4 is 38.3 Å². The molecule has 2 aromatic heterocycles. The molecule has 35 heavy (non-hydrogen) atoms. The van der Waals surface area contributed by atoms with Gasteiger partial charge < -0.3 is 24.4 Å². The van der Waals surface area contributed by atoms with Crippen LogP contribution in [-0.4, -0.2) is 48.8 Å². The van der Waals surface area contributed by atoms with Crippen molar-refractivity contribution in [3.05, 3.63) is 72.1 Å². The summed E-state index contributed by atoms with van der Waals surface area (Å²) in [6, 6.07) is 14.8. The number of nitrogens with zero attached hydrogens (tertiary/aromatic N) is 3. The molecule has 0 unspecified atom stereocenters. The van der Waals surface area contributed by atoms with Crippen LogP contribution in [-0.2, 0) is 11.3 Å². The smallest absolute Gasteiger partial charge is 0.255 e. The Balaban J connectivity index is 1.29. The summed E-state index contributed by atoms with van der Waals surface area (Å²) in [5.41, 5.74) is 3.13. The van der Waals surface area contributed by atoms with E-state index in [4.69, 9.17) is 19.2 Å². The first-order valence-electron chi connectivity index (χ1n) is 11.5. The van der Waals surface area contributed by atoms with Gasteiger partial charge in [0, 0.05) is 36.7 Å². The van der Waals surface area contributed by atoms with Gasteiger partial charge in [-0.25, -0.2) is 4.98 Å². The summed E-state index contributed by atoms with van der Waals surface area (Å²) in [5, 5.41) is 3.97. The van der Waals surface area contributed by atoms with Crippen LogP contribution in [0.3, 0.4) is 0 Å². The van der Waals surface area contributed by atoms with E-state index in [-0.39, 0.29) is 5.91 Å². The minimum atomic E-state index is -0.219. The fourth-order valence-electron chi connectivity index (χ4n) is 3.76. The van der Waals surface area contributed by atoms with Crippen LogP contribution in [0, 0.1) is 0 Å². The van der Waals surface area contributed by atoms with E-state index in [1.54, 1.807) is 41.9 Å². The summed E-state index contributed by atoms with van der Waals surface area (Å²) in [7, 11) is 0. The number of thiazole rings is 1. The standard InChI is InChI=1S/C26H26N4O4S/c1-2-33-23-15-19(3-6-22(23)34-17-18-7-9-27-10-8-18)25(31)28-20-4-5-21-24(16-20)35-26(29-21)30-11-13-32-14-12-30/h3-10,15-16H,2,11-14,17H2,1H3,(H,28,31). The molecule has 1 amide bonds. The van der Waals surface area contributed by atoms with Crippen LogP contribution in [0.4, 0.5) is 10.8 Å². The van der Waals surface area contributed by atoms with E-state index in [2.05, 4.69) is 15.2 Å². The Morgan fingerprint density at radius 1 is 1.06 bits per heavy atom. The van der Waals surface area contributed by atoms with Crippen molar-refractivity contribution in [2.75, 3.05) is 43.1 Å². The van der Waals surface area contributed by atoms with Crippen molar-refractivity contribution in [1.82, 2.24) is 9.97 Å². The van der Waals surface area contributed by atoms with Crippen LogP contribution in [0.2, 0.25) is 0 Å². The zero-order valence-electron chi connectivity index (χ0n) is 19.4. The SMILES string of the molecule is CCOc1cc(C(=O)Nc2ccc3nc(N4CCOCC4)sc3c2)ccc1OCc1ccncc1. The number of rotatable bonds is 8. The van der Waals surface area contributed by atoms with E-state index in [1.807, 2.05) is 37.3 Å². The minimum absolute atomic E-state index is 0.219. The van der Waals surface area contributed by atoms with Crippen LogP contribution in [0.25, 0.3) is 10.2 Å². The maximum atomic E-state index is 13.0. The molecule has 0 atom stereocenters. The molecule has 0 spiro atoms. The van der Waals surface area contributed by atoms with Gasteiger partial charge in [0.15, 0.2) is 16.6 Å². The summed E-state index contributed by atoms with van der Waals surface area (Å²) < 4.78 is 18.1. The summed E-state index contributed by atoms with van der Waals surface area (Å²) in [6.07, 6.45) is 3.45. The number of anilines is 2. The van der Waals surface area contributed by atoms with Gasteiger partial charge in [-0.3, -0.25) is 9.78 Å². The molecule has 8 nitrogen and oxygen atoms in total. The van der Waals surface area contributed by atoms with Gasteiger partial charge in [-0.05, 0) is 61.0 Å². The maximum Gasteiger partial charge on any atom is 0.255 e. The lowest BCUT2D eigenvalue weighted by Gasteiger charge is -2.25. The molecule has 1 fully saturated rings. The third kappa shape index (κ3) is 5.52. The lowest BCUT2D eigenvalue weighted by Crippen LogP contribution is -2.36. The summed E-state index contributed by atoms with van der Waals surface area (Å²) in [5.74, 6) is 0.896. The number of pyridine rings is 1. The third-order valence-electron chi connectivity index (χ3n) is 5.57. The number of ether oxygens (including phenoxy) is 3. The zero-order chi connectivity index (χ0) is 24.0. The van der Waals surface area contributed by atoms with Gasteiger partial charge in [0.05, 0.1) is 30.0 Å². The van der Waals surface area contributed by atoms with Gasteiger partial charge in [-0.2, -0.15) is 0 Å². The fraction of sp³-hybridized carbons (Fsp3) is 0.269. The Labute approximate surface area is 207 Å². The number of amides is 1. The molecule has 4 aromatic rings. The monoisotopic (exact) mass is 490 g/mol. The molecule has 3 heterocycles. The Hall–Kier alpha value is -3.69. The Morgan fingerprint density at radius 2 is 1.89 bits per heavy atom. The van der Waals surface area contributed by atoms with Crippen molar-refractivity contribution < 1.29 is 19.0 Å². The van der Waals surface area contributed by atoms with Crippen molar-refractivity contribution in [2.24, 2.45) is 0 Å². The molecule has 9 heteroatoms. The first kappa shape index (κ1) is 23.1. The van der Waals surface area contributed by atoms with Gasteiger partial charge in [0.1, 0.15) is 6.61 Å². The van der Waals surface area contributed by atoms with E-state index in [1.165, 1.54) is 0 Å². The number of aromatic nitrogens is 2. The molecule has 1 saturated heterocycles. The second kappa shape index (κ2) is 10.7. The quantitative estimate of drug-likeness (QED) is 0.381. The van der Waals surface area contributed by atoms with E-state index in [9.17, 15) is 4.79 Å². The molecule has 0 radical (unpaired) electrons. The second-order valence-electron chi connectivity index (χ2n) is 7.97. The highest BCUT2D eigenvalue weighted by Crippen LogP contribution is 2.32. The topological polar surface area (TPSA) is 85.8 Å². The molecule has 180 valence electrons. The zero-order valence-corrected chi connectivity index (χ0v) is 20.2. The number of hydrogen-bond donors (Lipinski definition) is 1. The van der Waals surface area contributed by atoms with E-state index < -0.39 is 0 Å². The van der Waals surface area contributed by atoms with Crippen LogP contribution in [0.15, 0.2) is 60.9 Å². The number of carbonyl (C=O) groups is 1. The first-order valence-corrected chi connectivity index (χ1v) is 12.3. The average Bonchev–Trinajstić information content (AvgIpc) is 3.33. The number of nitrogens with one attached hydrogen (secondary N) is 1. The third-order valence-corrected chi connectivity index (χ3v) is 6.65. The molecule has 2 aromatic carbocycles. The molecular formula is C26H26N4O4S. The average molecular weight is 491 g/mol. The van der Waals surface area contributed by atoms with Crippen molar-refractivity contribution in [3.63, 3.8) is 0 Å². The molecule has 0 bridgehead atoms. The Morgan fingerprint density at radius 3 is 2.69 bits per heavy atom. The van der Waals surface area contributed by atoms with Crippen LogP contribution in [0.1, 0.15) is 22.8 Å². The predicted molar refractivity (Wildman–Crippen MR) is 137 cm³/mol. The highest BCUT2D eigenvalue weighted by molar-refractivity contribution is 7.22. The molecule has 0 aliphatic carbocycles. The summed E-state index contributed by atoms with van der Waals surface area (Å²) >= 11 is 1.62. The van der Waals surface area contributed by atoms with Crippen LogP contribution >= 0.6 is 11.3 Å².